The quantitative estimate of drug-likeness (QED) is 0.379. The maximum absolute atomic E-state index is 9.50. The minimum Gasteiger partial charge on any atom is -0.480 e. The lowest BCUT2D eigenvalue weighted by molar-refractivity contribution is 0.400. The first kappa shape index (κ1) is 23.5. The fourth-order valence-electron chi connectivity index (χ4n) is 4.34. The molecule has 4 aromatic heterocycles. The van der Waals surface area contributed by atoms with Crippen molar-refractivity contribution in [2.45, 2.75) is 19.3 Å². The number of ether oxygens (including phenoxy) is 1. The molecule has 0 saturated heterocycles. The van der Waals surface area contributed by atoms with E-state index < -0.39 is 5.41 Å². The number of fused-ring (bicyclic) bond motifs is 3. The van der Waals surface area contributed by atoms with Gasteiger partial charge >= 0.3 is 0 Å². The molecular weight excluding hydrogens is 466 g/mol. The topological polar surface area (TPSA) is 144 Å². The molecule has 0 unspecified atom stereocenters. The van der Waals surface area contributed by atoms with E-state index in [1.165, 1.54) is 7.11 Å². The number of nitrogens with zero attached hydrogens (tertiary/aromatic N) is 8. The fraction of sp³-hybridized carbons (Fsp3) is 0.185. The van der Waals surface area contributed by atoms with Crippen LogP contribution >= 0.6 is 0 Å². The Labute approximate surface area is 212 Å². The molecule has 4 heterocycles. The second-order valence-electron chi connectivity index (χ2n) is 9.09. The number of nitrogens with two attached hydrogens (primary N) is 1. The molecule has 1 aromatic carbocycles. The maximum atomic E-state index is 9.50. The largest absolute Gasteiger partial charge is 0.480 e. The number of aromatic nitrogens is 5. The van der Waals surface area contributed by atoms with E-state index in [2.05, 4.69) is 26.0 Å². The zero-order valence-corrected chi connectivity index (χ0v) is 20.8. The van der Waals surface area contributed by atoms with Crippen molar-refractivity contribution in [3.63, 3.8) is 0 Å². The molecular formula is C27H23N9O. The fourth-order valence-corrected chi connectivity index (χ4v) is 4.34. The Kier molecular flexibility index (Phi) is 5.58. The highest BCUT2D eigenvalue weighted by molar-refractivity contribution is 6.04. The average Bonchev–Trinajstić information content (AvgIpc) is 3.20. The van der Waals surface area contributed by atoms with Crippen LogP contribution in [-0.2, 0) is 12.5 Å². The zero-order chi connectivity index (χ0) is 26.3. The minimum absolute atomic E-state index is 0.368. The molecule has 0 fully saturated rings. The smallest absolute Gasteiger partial charge is 0.236 e. The number of hydrogen-bond donors (Lipinski definition) is 1. The highest BCUT2D eigenvalue weighted by Gasteiger charge is 2.22. The van der Waals surface area contributed by atoms with Gasteiger partial charge in [0.15, 0.2) is 0 Å². The lowest BCUT2D eigenvalue weighted by Crippen LogP contribution is -2.23. The molecule has 0 aliphatic carbocycles. The standard InChI is InChI=1S/C27H23N9O/c1-27(2,14-28)23-8-6-18(12-32-23)36-24-19-9-16(17-10-20(30)25(37-4)33-11-17)5-7-21(19)31-13-22(24)35(3)26(36)34-15-29/h5-13H,30H2,1-4H3. The highest BCUT2D eigenvalue weighted by Crippen LogP contribution is 2.32. The summed E-state index contributed by atoms with van der Waals surface area (Å²) in [5, 5.41) is 19.8. The number of nitrogen functional groups attached to an aromatic ring is 1. The first-order valence-corrected chi connectivity index (χ1v) is 11.4. The van der Waals surface area contributed by atoms with Crippen LogP contribution in [0.5, 0.6) is 5.88 Å². The van der Waals surface area contributed by atoms with E-state index in [1.54, 1.807) is 18.6 Å². The molecule has 182 valence electrons. The Balaban J connectivity index is 1.82. The van der Waals surface area contributed by atoms with Crippen molar-refractivity contribution in [1.29, 1.82) is 10.5 Å². The zero-order valence-electron chi connectivity index (χ0n) is 20.8. The molecule has 2 N–H and O–H groups in total. The number of aryl methyl sites for hydroxylation is 1. The van der Waals surface area contributed by atoms with Gasteiger partial charge in [0.1, 0.15) is 0 Å². The third-order valence-corrected chi connectivity index (χ3v) is 6.39. The lowest BCUT2D eigenvalue weighted by Gasteiger charge is -2.15. The summed E-state index contributed by atoms with van der Waals surface area (Å²) in [6.07, 6.45) is 7.07. The number of nitriles is 2. The molecule has 5 rings (SSSR count). The average molecular weight is 490 g/mol. The van der Waals surface area contributed by atoms with E-state index in [0.717, 1.165) is 33.1 Å². The van der Waals surface area contributed by atoms with Gasteiger partial charge in [-0.2, -0.15) is 10.5 Å². The van der Waals surface area contributed by atoms with Gasteiger partial charge in [0.25, 0.3) is 0 Å². The van der Waals surface area contributed by atoms with Crippen LogP contribution in [0.3, 0.4) is 0 Å². The van der Waals surface area contributed by atoms with E-state index in [1.807, 2.05) is 72.6 Å². The molecule has 10 heteroatoms. The van der Waals surface area contributed by atoms with Crippen LogP contribution in [0, 0.1) is 22.8 Å². The number of rotatable bonds is 4. The van der Waals surface area contributed by atoms with Crippen molar-refractivity contribution in [1.82, 2.24) is 24.1 Å². The van der Waals surface area contributed by atoms with Crippen LogP contribution in [0.25, 0.3) is 38.8 Å². The van der Waals surface area contributed by atoms with Crippen molar-refractivity contribution in [3.8, 4) is 35.0 Å². The molecule has 0 aliphatic rings. The summed E-state index contributed by atoms with van der Waals surface area (Å²) in [5.74, 6) is 0.368. The van der Waals surface area contributed by atoms with Gasteiger partial charge in [-0.3, -0.25) is 14.5 Å². The van der Waals surface area contributed by atoms with E-state index in [-0.39, 0.29) is 0 Å². The van der Waals surface area contributed by atoms with Crippen LogP contribution < -0.4 is 16.1 Å². The summed E-state index contributed by atoms with van der Waals surface area (Å²) >= 11 is 0. The van der Waals surface area contributed by atoms with Gasteiger partial charge < -0.3 is 15.0 Å². The van der Waals surface area contributed by atoms with Gasteiger partial charge in [-0.25, -0.2) is 4.98 Å². The summed E-state index contributed by atoms with van der Waals surface area (Å²) < 4.78 is 8.89. The van der Waals surface area contributed by atoms with Gasteiger partial charge in [-0.05, 0) is 49.7 Å². The van der Waals surface area contributed by atoms with Crippen molar-refractivity contribution >= 4 is 27.6 Å². The Bertz CT molecular complexity index is 1830. The van der Waals surface area contributed by atoms with Gasteiger partial charge in [-0.15, -0.1) is 4.99 Å². The highest BCUT2D eigenvalue weighted by atomic mass is 16.5. The Hall–Kier alpha value is -5.22. The minimum atomic E-state index is -0.735. The Morgan fingerprint density at radius 2 is 1.81 bits per heavy atom. The van der Waals surface area contributed by atoms with Crippen molar-refractivity contribution in [3.05, 3.63) is 66.3 Å². The summed E-state index contributed by atoms with van der Waals surface area (Å²) in [6, 6.07) is 13.7. The number of hydrogen-bond acceptors (Lipinski definition) is 8. The van der Waals surface area contributed by atoms with Crippen LogP contribution in [-0.4, -0.2) is 31.2 Å². The van der Waals surface area contributed by atoms with Gasteiger partial charge in [0.05, 0.1) is 64.6 Å². The second kappa shape index (κ2) is 8.77. The number of imidazole rings is 1. The number of anilines is 1. The van der Waals surface area contributed by atoms with E-state index in [4.69, 9.17) is 10.5 Å². The first-order chi connectivity index (χ1) is 17.8. The molecule has 0 amide bonds. The van der Waals surface area contributed by atoms with Crippen molar-refractivity contribution in [2.75, 3.05) is 12.8 Å². The normalized spacial score (nSPS) is 12.0. The molecule has 0 bridgehead atoms. The van der Waals surface area contributed by atoms with Crippen molar-refractivity contribution < 1.29 is 4.74 Å². The third kappa shape index (κ3) is 3.81. The van der Waals surface area contributed by atoms with Gasteiger partial charge in [0.2, 0.25) is 17.7 Å². The summed E-state index contributed by atoms with van der Waals surface area (Å²) in [7, 11) is 3.36. The second-order valence-corrected chi connectivity index (χ2v) is 9.09. The summed E-state index contributed by atoms with van der Waals surface area (Å²) in [4.78, 5) is 17.6. The molecule has 0 spiro atoms. The van der Waals surface area contributed by atoms with E-state index in [0.29, 0.717) is 28.6 Å². The molecule has 0 atom stereocenters. The molecule has 0 radical (unpaired) electrons. The SMILES string of the molecule is COc1ncc(-c2ccc3ncc4c(c3c2)n(-c2ccc(C(C)(C)C#N)nc2)c(=NC#N)n4C)cc1N. The predicted molar refractivity (Wildman–Crippen MR) is 139 cm³/mol. The van der Waals surface area contributed by atoms with Crippen LogP contribution in [0.2, 0.25) is 0 Å². The molecule has 5 aromatic rings. The van der Waals surface area contributed by atoms with E-state index >= 15 is 0 Å². The first-order valence-electron chi connectivity index (χ1n) is 11.4. The van der Waals surface area contributed by atoms with Crippen LogP contribution in [0.4, 0.5) is 5.69 Å². The lowest BCUT2D eigenvalue weighted by atomic mass is 9.91. The van der Waals surface area contributed by atoms with Gasteiger partial charge in [0, 0.05) is 24.2 Å². The third-order valence-electron chi connectivity index (χ3n) is 6.39. The number of methoxy groups -OCH3 is 1. The Morgan fingerprint density at radius 1 is 1.00 bits per heavy atom. The van der Waals surface area contributed by atoms with Gasteiger partial charge in [-0.1, -0.05) is 6.07 Å². The molecule has 0 aliphatic heterocycles. The van der Waals surface area contributed by atoms with E-state index in [9.17, 15) is 10.5 Å². The van der Waals surface area contributed by atoms with Crippen LogP contribution in [0.1, 0.15) is 19.5 Å². The molecule has 0 saturated carbocycles. The number of pyridine rings is 3. The predicted octanol–water partition coefficient (Wildman–Crippen LogP) is 3.75. The molecule has 37 heavy (non-hydrogen) atoms. The summed E-state index contributed by atoms with van der Waals surface area (Å²) in [6.45, 7) is 3.63. The van der Waals surface area contributed by atoms with Crippen molar-refractivity contribution in [2.24, 2.45) is 12.0 Å². The maximum Gasteiger partial charge on any atom is 0.236 e. The molecule has 10 nitrogen and oxygen atoms in total. The van der Waals surface area contributed by atoms with Crippen LogP contribution in [0.15, 0.2) is 60.0 Å². The summed E-state index contributed by atoms with van der Waals surface area (Å²) in [5.41, 5.74) is 11.7. The monoisotopic (exact) mass is 489 g/mol. The number of benzene rings is 1. The Morgan fingerprint density at radius 3 is 2.46 bits per heavy atom.